The van der Waals surface area contributed by atoms with Crippen molar-refractivity contribution in [3.05, 3.63) is 77.1 Å². The van der Waals surface area contributed by atoms with Crippen LogP contribution in [0.1, 0.15) is 39.6 Å². The first-order valence-corrected chi connectivity index (χ1v) is 9.55. The van der Waals surface area contributed by atoms with Gasteiger partial charge in [-0.05, 0) is 37.0 Å². The van der Waals surface area contributed by atoms with Crippen LogP contribution in [0.3, 0.4) is 0 Å². The van der Waals surface area contributed by atoms with Crippen molar-refractivity contribution in [2.45, 2.75) is 25.7 Å². The van der Waals surface area contributed by atoms with E-state index in [9.17, 15) is 4.79 Å². The molecule has 128 valence electrons. The number of carbonyl (C=O) groups excluding carboxylic acids is 1. The van der Waals surface area contributed by atoms with Gasteiger partial charge in [-0.25, -0.2) is 9.67 Å². The standard InChI is InChI=1S/C21H17N3OS/c1-13-20-17(11-15(12-18(20)25)14-7-3-2-4-8-14)24(23-13)21-22-16-9-5-6-10-19(16)26-21/h2-10,15H,11-12H2,1H3. The SMILES string of the molecule is Cc1nn(-c2nc3ccccc3s2)c2c1C(=O)CC(c1ccccc1)C2. The predicted molar refractivity (Wildman–Crippen MR) is 103 cm³/mol. The second-order valence-electron chi connectivity index (χ2n) is 6.72. The molecule has 5 rings (SSSR count). The van der Waals surface area contributed by atoms with Crippen LogP contribution in [0.4, 0.5) is 0 Å². The van der Waals surface area contributed by atoms with E-state index in [0.717, 1.165) is 38.7 Å². The zero-order valence-corrected chi connectivity index (χ0v) is 15.2. The van der Waals surface area contributed by atoms with E-state index in [1.54, 1.807) is 11.3 Å². The lowest BCUT2D eigenvalue weighted by atomic mass is 9.82. The fraction of sp³-hybridized carbons (Fsp3) is 0.190. The molecule has 2 aromatic carbocycles. The molecule has 1 aliphatic carbocycles. The van der Waals surface area contributed by atoms with Crippen molar-refractivity contribution in [2.75, 3.05) is 0 Å². The lowest BCUT2D eigenvalue weighted by Gasteiger charge is -2.22. The summed E-state index contributed by atoms with van der Waals surface area (Å²) in [5.41, 5.74) is 4.76. The second kappa shape index (κ2) is 5.88. The first kappa shape index (κ1) is 15.5. The Morgan fingerprint density at radius 1 is 1.04 bits per heavy atom. The number of para-hydroxylation sites is 1. The highest BCUT2D eigenvalue weighted by Gasteiger charge is 2.32. The highest BCUT2D eigenvalue weighted by atomic mass is 32.1. The molecule has 0 saturated heterocycles. The second-order valence-corrected chi connectivity index (χ2v) is 7.73. The predicted octanol–water partition coefficient (Wildman–Crippen LogP) is 4.70. The average molecular weight is 359 g/mol. The maximum Gasteiger partial charge on any atom is 0.211 e. The van der Waals surface area contributed by atoms with Gasteiger partial charge in [0, 0.05) is 6.42 Å². The number of benzene rings is 2. The van der Waals surface area contributed by atoms with Crippen molar-refractivity contribution in [3.8, 4) is 5.13 Å². The normalized spacial score (nSPS) is 16.8. The molecule has 0 aliphatic heterocycles. The fourth-order valence-corrected chi connectivity index (χ4v) is 4.77. The molecule has 1 unspecified atom stereocenters. The van der Waals surface area contributed by atoms with Gasteiger partial charge in [0.1, 0.15) is 0 Å². The lowest BCUT2D eigenvalue weighted by molar-refractivity contribution is 0.0963. The molecular weight excluding hydrogens is 342 g/mol. The molecule has 5 heteroatoms. The van der Waals surface area contributed by atoms with E-state index in [1.807, 2.05) is 48.0 Å². The van der Waals surface area contributed by atoms with Crippen LogP contribution >= 0.6 is 11.3 Å². The van der Waals surface area contributed by atoms with Crippen LogP contribution in [0, 0.1) is 6.92 Å². The molecule has 2 heterocycles. The summed E-state index contributed by atoms with van der Waals surface area (Å²) >= 11 is 1.61. The maximum atomic E-state index is 12.8. The third-order valence-corrected chi connectivity index (χ3v) is 6.05. The van der Waals surface area contributed by atoms with E-state index in [4.69, 9.17) is 4.98 Å². The molecular formula is C21H17N3OS. The van der Waals surface area contributed by atoms with E-state index in [2.05, 4.69) is 23.3 Å². The Labute approximate surface area is 155 Å². The van der Waals surface area contributed by atoms with Crippen molar-refractivity contribution < 1.29 is 4.79 Å². The number of carbonyl (C=O) groups is 1. The Hall–Kier alpha value is -2.79. The number of nitrogens with zero attached hydrogens (tertiary/aromatic N) is 3. The minimum atomic E-state index is 0.185. The number of hydrogen-bond donors (Lipinski definition) is 0. The van der Waals surface area contributed by atoms with Crippen LogP contribution in [0.15, 0.2) is 54.6 Å². The number of rotatable bonds is 2. The van der Waals surface area contributed by atoms with E-state index < -0.39 is 0 Å². The molecule has 4 aromatic rings. The van der Waals surface area contributed by atoms with Crippen molar-refractivity contribution >= 4 is 27.3 Å². The summed E-state index contributed by atoms with van der Waals surface area (Å²) in [7, 11) is 0. The Morgan fingerprint density at radius 2 is 1.81 bits per heavy atom. The molecule has 4 nitrogen and oxygen atoms in total. The van der Waals surface area contributed by atoms with Gasteiger partial charge in [-0.1, -0.05) is 53.8 Å². The number of hydrogen-bond acceptors (Lipinski definition) is 4. The number of aryl methyl sites for hydroxylation is 1. The Bertz CT molecular complexity index is 1090. The van der Waals surface area contributed by atoms with Crippen LogP contribution < -0.4 is 0 Å². The van der Waals surface area contributed by atoms with E-state index in [-0.39, 0.29) is 11.7 Å². The number of thiazole rings is 1. The smallest absolute Gasteiger partial charge is 0.211 e. The quantitative estimate of drug-likeness (QED) is 0.521. The molecule has 0 amide bonds. The largest absolute Gasteiger partial charge is 0.294 e. The van der Waals surface area contributed by atoms with E-state index in [1.165, 1.54) is 5.56 Å². The van der Waals surface area contributed by atoms with Crippen LogP contribution in [0.2, 0.25) is 0 Å². The van der Waals surface area contributed by atoms with Gasteiger partial charge < -0.3 is 0 Å². The Morgan fingerprint density at radius 3 is 2.62 bits per heavy atom. The summed E-state index contributed by atoms with van der Waals surface area (Å²) in [4.78, 5) is 17.6. The lowest BCUT2D eigenvalue weighted by Crippen LogP contribution is -2.20. The topological polar surface area (TPSA) is 47.8 Å². The number of Topliss-reactive ketones (excluding diaryl/α,β-unsaturated/α-hetero) is 1. The number of aromatic nitrogens is 3. The average Bonchev–Trinajstić information content (AvgIpc) is 3.23. The van der Waals surface area contributed by atoms with Gasteiger partial charge in [0.25, 0.3) is 0 Å². The van der Waals surface area contributed by atoms with Crippen molar-refractivity contribution in [1.82, 2.24) is 14.8 Å². The Kier molecular flexibility index (Phi) is 3.50. The summed E-state index contributed by atoms with van der Waals surface area (Å²) in [5, 5.41) is 5.51. The Balaban J connectivity index is 1.64. The zero-order valence-electron chi connectivity index (χ0n) is 14.3. The van der Waals surface area contributed by atoms with Gasteiger partial charge in [0.2, 0.25) is 5.13 Å². The summed E-state index contributed by atoms with van der Waals surface area (Å²) < 4.78 is 3.02. The van der Waals surface area contributed by atoms with Crippen molar-refractivity contribution in [3.63, 3.8) is 0 Å². The summed E-state index contributed by atoms with van der Waals surface area (Å²) in [5.74, 6) is 0.380. The van der Waals surface area contributed by atoms with Crippen molar-refractivity contribution in [1.29, 1.82) is 0 Å². The van der Waals surface area contributed by atoms with Crippen LogP contribution in [0.25, 0.3) is 15.3 Å². The molecule has 0 N–H and O–H groups in total. The van der Waals surface area contributed by atoms with Gasteiger partial charge in [0.05, 0.1) is 27.2 Å². The van der Waals surface area contributed by atoms with Gasteiger partial charge >= 0.3 is 0 Å². The minimum Gasteiger partial charge on any atom is -0.294 e. The molecule has 0 saturated carbocycles. The molecule has 0 fully saturated rings. The highest BCUT2D eigenvalue weighted by molar-refractivity contribution is 7.20. The maximum absolute atomic E-state index is 12.8. The van der Waals surface area contributed by atoms with Gasteiger partial charge in [-0.2, -0.15) is 5.10 Å². The van der Waals surface area contributed by atoms with Gasteiger partial charge in [0.15, 0.2) is 5.78 Å². The fourth-order valence-electron chi connectivity index (χ4n) is 3.83. The number of ketones is 1. The molecule has 1 atom stereocenters. The number of fused-ring (bicyclic) bond motifs is 2. The molecule has 0 bridgehead atoms. The monoisotopic (exact) mass is 359 g/mol. The molecule has 26 heavy (non-hydrogen) atoms. The summed E-state index contributed by atoms with van der Waals surface area (Å²) in [6, 6.07) is 18.4. The molecule has 0 radical (unpaired) electrons. The molecule has 1 aliphatic rings. The molecule has 0 spiro atoms. The van der Waals surface area contributed by atoms with Gasteiger partial charge in [-0.3, -0.25) is 4.79 Å². The van der Waals surface area contributed by atoms with Gasteiger partial charge in [-0.15, -0.1) is 0 Å². The third kappa shape index (κ3) is 2.39. The zero-order chi connectivity index (χ0) is 17.7. The van der Waals surface area contributed by atoms with Crippen LogP contribution in [-0.2, 0) is 6.42 Å². The summed E-state index contributed by atoms with van der Waals surface area (Å²) in [6.07, 6.45) is 1.35. The molecule has 2 aromatic heterocycles. The third-order valence-electron chi connectivity index (χ3n) is 5.04. The summed E-state index contributed by atoms with van der Waals surface area (Å²) in [6.45, 7) is 1.92. The van der Waals surface area contributed by atoms with E-state index in [0.29, 0.717) is 6.42 Å². The first-order chi connectivity index (χ1) is 12.7. The minimum absolute atomic E-state index is 0.185. The van der Waals surface area contributed by atoms with E-state index >= 15 is 0 Å². The highest BCUT2D eigenvalue weighted by Crippen LogP contribution is 2.36. The van der Waals surface area contributed by atoms with Crippen LogP contribution in [0.5, 0.6) is 0 Å². The van der Waals surface area contributed by atoms with Crippen LogP contribution in [-0.4, -0.2) is 20.5 Å². The first-order valence-electron chi connectivity index (χ1n) is 8.73. The van der Waals surface area contributed by atoms with Crippen molar-refractivity contribution in [2.24, 2.45) is 0 Å².